The lowest BCUT2D eigenvalue weighted by atomic mass is 9.76. The van der Waals surface area contributed by atoms with Gasteiger partial charge in [-0.05, 0) is 45.9 Å². The van der Waals surface area contributed by atoms with Crippen LogP contribution in [0.1, 0.15) is 51.5 Å². The largest absolute Gasteiger partial charge is 0.378 e. The fourth-order valence-electron chi connectivity index (χ4n) is 6.09. The van der Waals surface area contributed by atoms with Gasteiger partial charge in [-0.25, -0.2) is 4.98 Å². The Balaban J connectivity index is 1.48. The third kappa shape index (κ3) is 4.96. The van der Waals surface area contributed by atoms with E-state index in [0.29, 0.717) is 10.6 Å². The fourth-order valence-corrected chi connectivity index (χ4v) is 7.05. The zero-order chi connectivity index (χ0) is 30.7. The molecule has 0 fully saturated rings. The van der Waals surface area contributed by atoms with Gasteiger partial charge in [0.15, 0.2) is 0 Å². The van der Waals surface area contributed by atoms with Gasteiger partial charge in [0, 0.05) is 18.1 Å². The van der Waals surface area contributed by atoms with Crippen molar-refractivity contribution in [3.8, 4) is 10.4 Å². The minimum Gasteiger partial charge on any atom is -0.378 e. The first-order chi connectivity index (χ1) is 21.4. The number of benzene rings is 4. The number of nitrogens with zero attached hydrogens (tertiary/aromatic N) is 2. The lowest BCUT2D eigenvalue weighted by Crippen LogP contribution is -2.37. The first-order valence-corrected chi connectivity index (χ1v) is 15.6. The average Bonchev–Trinajstić information content (AvgIpc) is 3.78. The highest BCUT2D eigenvalue weighted by Gasteiger charge is 2.42. The summed E-state index contributed by atoms with van der Waals surface area (Å²) in [5, 5.41) is 15.1. The van der Waals surface area contributed by atoms with E-state index >= 15 is 0 Å². The van der Waals surface area contributed by atoms with Crippen LogP contribution < -0.4 is 5.32 Å². The molecule has 6 aromatic rings. The van der Waals surface area contributed by atoms with Crippen LogP contribution in [0, 0.1) is 5.92 Å². The number of thiophene rings is 1. The van der Waals surface area contributed by atoms with Gasteiger partial charge in [0.25, 0.3) is 5.91 Å². The first kappa shape index (κ1) is 29.3. The number of aromatic nitrogens is 2. The normalized spacial score (nSPS) is 13.0. The van der Waals surface area contributed by atoms with Gasteiger partial charge in [-0.3, -0.25) is 4.79 Å². The van der Waals surface area contributed by atoms with Crippen LogP contribution in [0.3, 0.4) is 0 Å². The monoisotopic (exact) mass is 597 g/mol. The lowest BCUT2D eigenvalue weighted by molar-refractivity contribution is 0.0278. The summed E-state index contributed by atoms with van der Waals surface area (Å²) in [7, 11) is 1.63. The second-order valence-electron chi connectivity index (χ2n) is 11.2. The molecule has 0 saturated heterocycles. The maximum absolute atomic E-state index is 12.5. The number of carbonyl (C=O) groups is 1. The van der Waals surface area contributed by atoms with Crippen molar-refractivity contribution >= 4 is 17.2 Å². The van der Waals surface area contributed by atoms with Gasteiger partial charge in [-0.1, -0.05) is 129 Å². The molecule has 4 aromatic carbocycles. The van der Waals surface area contributed by atoms with Gasteiger partial charge in [0.1, 0.15) is 11.1 Å². The van der Waals surface area contributed by atoms with E-state index in [0.717, 1.165) is 32.7 Å². The third-order valence-corrected chi connectivity index (χ3v) is 9.57. The zero-order valence-electron chi connectivity index (χ0n) is 25.0. The van der Waals surface area contributed by atoms with Crippen LogP contribution in [0.15, 0.2) is 140 Å². The zero-order valence-corrected chi connectivity index (χ0v) is 25.8. The summed E-state index contributed by atoms with van der Waals surface area (Å²) in [5.41, 5.74) is 3.52. The van der Waals surface area contributed by atoms with E-state index in [1.54, 1.807) is 7.05 Å². The molecule has 1 unspecified atom stereocenters. The van der Waals surface area contributed by atoms with Gasteiger partial charge >= 0.3 is 0 Å². The molecular weight excluding hydrogens is 563 g/mol. The summed E-state index contributed by atoms with van der Waals surface area (Å²) in [6.45, 7) is 4.03. The maximum Gasteiger partial charge on any atom is 0.261 e. The fraction of sp³-hybridized carbons (Fsp3) is 0.158. The Bertz CT molecular complexity index is 1750. The number of hydrogen-bond acceptors (Lipinski definition) is 4. The van der Waals surface area contributed by atoms with Crippen molar-refractivity contribution in [3.63, 3.8) is 0 Å². The molecule has 0 aliphatic carbocycles. The molecule has 2 aromatic heterocycles. The Labute approximate surface area is 262 Å². The summed E-state index contributed by atoms with van der Waals surface area (Å²) in [4.78, 5) is 18.6. The van der Waals surface area contributed by atoms with Crippen LogP contribution in [0.2, 0.25) is 0 Å². The Morgan fingerprint density at radius 3 is 1.75 bits per heavy atom. The van der Waals surface area contributed by atoms with Crippen molar-refractivity contribution in [3.05, 3.63) is 173 Å². The Kier molecular flexibility index (Phi) is 8.04. The third-order valence-electron chi connectivity index (χ3n) is 8.44. The molecular formula is C38H35N3O2S. The van der Waals surface area contributed by atoms with E-state index in [-0.39, 0.29) is 11.8 Å². The minimum absolute atomic E-state index is 0.0970. The van der Waals surface area contributed by atoms with Gasteiger partial charge in [0.2, 0.25) is 0 Å². The van der Waals surface area contributed by atoms with Crippen molar-refractivity contribution in [2.75, 3.05) is 7.05 Å². The van der Waals surface area contributed by atoms with Crippen LogP contribution in [0.4, 0.5) is 0 Å². The molecule has 0 bridgehead atoms. The van der Waals surface area contributed by atoms with Crippen molar-refractivity contribution in [1.29, 1.82) is 0 Å². The molecule has 6 rings (SSSR count). The molecule has 6 heteroatoms. The summed E-state index contributed by atoms with van der Waals surface area (Å²) in [6.07, 6.45) is 3.84. The molecule has 1 amide bonds. The molecule has 0 saturated carbocycles. The van der Waals surface area contributed by atoms with E-state index in [9.17, 15) is 9.90 Å². The van der Waals surface area contributed by atoms with E-state index in [1.165, 1.54) is 11.3 Å². The van der Waals surface area contributed by atoms with Crippen molar-refractivity contribution in [2.24, 2.45) is 5.92 Å². The SMILES string of the molecule is CNC(=O)c1ccc(-c2ccc(C(O)(c3cn(C(c4ccccc4)(c4ccccc4)c4ccccc4)cn3)C(C)C)cc2)s1. The molecule has 5 nitrogen and oxygen atoms in total. The molecule has 2 N–H and O–H groups in total. The lowest BCUT2D eigenvalue weighted by Gasteiger charge is -2.37. The molecule has 0 radical (unpaired) electrons. The molecule has 0 aliphatic rings. The van der Waals surface area contributed by atoms with Gasteiger partial charge in [-0.2, -0.15) is 0 Å². The first-order valence-electron chi connectivity index (χ1n) is 14.8. The Hall–Kier alpha value is -4.78. The Morgan fingerprint density at radius 1 is 0.750 bits per heavy atom. The highest BCUT2D eigenvalue weighted by atomic mass is 32.1. The Morgan fingerprint density at radius 2 is 1.27 bits per heavy atom. The summed E-state index contributed by atoms with van der Waals surface area (Å²) < 4.78 is 2.13. The summed E-state index contributed by atoms with van der Waals surface area (Å²) >= 11 is 1.44. The van der Waals surface area contributed by atoms with Gasteiger partial charge in [-0.15, -0.1) is 11.3 Å². The molecule has 0 spiro atoms. The highest BCUT2D eigenvalue weighted by Crippen LogP contribution is 2.43. The van der Waals surface area contributed by atoms with Crippen LogP contribution in [0.25, 0.3) is 10.4 Å². The predicted molar refractivity (Wildman–Crippen MR) is 178 cm³/mol. The summed E-state index contributed by atoms with van der Waals surface area (Å²) in [5.74, 6) is -0.266. The minimum atomic E-state index is -1.34. The number of amides is 1. The topological polar surface area (TPSA) is 67.2 Å². The molecule has 220 valence electrons. The van der Waals surface area contributed by atoms with Crippen LogP contribution >= 0.6 is 11.3 Å². The number of rotatable bonds is 9. The van der Waals surface area contributed by atoms with Crippen LogP contribution in [-0.2, 0) is 11.1 Å². The highest BCUT2D eigenvalue weighted by molar-refractivity contribution is 7.17. The molecule has 0 aliphatic heterocycles. The van der Waals surface area contributed by atoms with Crippen molar-refractivity contribution in [1.82, 2.24) is 14.9 Å². The van der Waals surface area contributed by atoms with E-state index in [1.807, 2.05) is 81.0 Å². The van der Waals surface area contributed by atoms with Crippen molar-refractivity contribution in [2.45, 2.75) is 25.0 Å². The standard InChI is InChI=1S/C38H35N3O2S/c1-27(2)38(43,32-21-19-28(20-22-32)33-23-24-34(44-33)36(42)39-3)35-25-41(26-40-35)37(29-13-7-4-8-14-29,30-15-9-5-10-16-30)31-17-11-6-12-18-31/h4-27,43H,1-3H3,(H,39,42). The van der Waals surface area contributed by atoms with E-state index in [2.05, 4.69) is 82.7 Å². The molecule has 1 atom stereocenters. The predicted octanol–water partition coefficient (Wildman–Crippen LogP) is 7.70. The number of aliphatic hydroxyl groups is 1. The second kappa shape index (κ2) is 12.1. The van der Waals surface area contributed by atoms with E-state index < -0.39 is 11.1 Å². The van der Waals surface area contributed by atoms with E-state index in [4.69, 9.17) is 4.98 Å². The van der Waals surface area contributed by atoms with Crippen LogP contribution in [-0.4, -0.2) is 27.6 Å². The maximum atomic E-state index is 12.5. The average molecular weight is 598 g/mol. The van der Waals surface area contributed by atoms with Crippen LogP contribution in [0.5, 0.6) is 0 Å². The van der Waals surface area contributed by atoms with Gasteiger partial charge in [0.05, 0.1) is 16.9 Å². The second-order valence-corrected chi connectivity index (χ2v) is 12.3. The number of imidazole rings is 1. The smallest absolute Gasteiger partial charge is 0.261 e. The number of nitrogens with one attached hydrogen (secondary N) is 1. The number of carbonyl (C=O) groups excluding carboxylic acids is 1. The summed E-state index contributed by atoms with van der Waals surface area (Å²) in [6, 6.07) is 43.0. The quantitative estimate of drug-likeness (QED) is 0.168. The van der Waals surface area contributed by atoms with Crippen molar-refractivity contribution < 1.29 is 9.90 Å². The molecule has 2 heterocycles. The van der Waals surface area contributed by atoms with Gasteiger partial charge < -0.3 is 15.0 Å². The number of hydrogen-bond donors (Lipinski definition) is 2. The molecule has 44 heavy (non-hydrogen) atoms.